The zero-order valence-electron chi connectivity index (χ0n) is 22.6. The molecule has 0 aliphatic heterocycles. The number of benzene rings is 4. The lowest BCUT2D eigenvalue weighted by Gasteiger charge is -2.33. The van der Waals surface area contributed by atoms with Crippen molar-refractivity contribution in [1.29, 1.82) is 0 Å². The molecule has 0 saturated carbocycles. The molecule has 0 heterocycles. The van der Waals surface area contributed by atoms with E-state index in [1.807, 2.05) is 12.2 Å². The highest BCUT2D eigenvalue weighted by Crippen LogP contribution is 2.47. The summed E-state index contributed by atoms with van der Waals surface area (Å²) in [4.78, 5) is 14.8. The molecule has 39 heavy (non-hydrogen) atoms. The van der Waals surface area contributed by atoms with Crippen molar-refractivity contribution < 1.29 is 9.53 Å². The van der Waals surface area contributed by atoms with E-state index in [-0.39, 0.29) is 23.8 Å². The Labute approximate surface area is 230 Å². The molecule has 4 aromatic rings. The second-order valence-corrected chi connectivity index (χ2v) is 10.6. The van der Waals surface area contributed by atoms with Crippen molar-refractivity contribution in [1.82, 2.24) is 4.90 Å². The normalized spacial score (nSPS) is 16.6. The van der Waals surface area contributed by atoms with Crippen LogP contribution in [-0.4, -0.2) is 25.0 Å². The van der Waals surface area contributed by atoms with Crippen LogP contribution in [0.4, 0.5) is 0 Å². The first-order chi connectivity index (χ1) is 19.0. The number of carbonyl (C=O) groups excluding carboxylic acids is 1. The maximum Gasteiger partial charge on any atom is 0.303 e. The van der Waals surface area contributed by atoms with Gasteiger partial charge in [0, 0.05) is 30.4 Å². The average molecular weight is 512 g/mol. The van der Waals surface area contributed by atoms with Gasteiger partial charge in [0.25, 0.3) is 0 Å². The highest BCUT2D eigenvalue weighted by atomic mass is 16.5. The van der Waals surface area contributed by atoms with Crippen LogP contribution in [-0.2, 0) is 9.53 Å². The Balaban J connectivity index is 1.73. The van der Waals surface area contributed by atoms with Crippen molar-refractivity contribution in [2.24, 2.45) is 11.8 Å². The minimum Gasteiger partial charge on any atom is -0.457 e. The fourth-order valence-electron chi connectivity index (χ4n) is 6.29. The van der Waals surface area contributed by atoms with Gasteiger partial charge in [-0.05, 0) is 52.3 Å². The topological polar surface area (TPSA) is 29.5 Å². The lowest BCUT2D eigenvalue weighted by Crippen LogP contribution is -2.26. The molecule has 0 radical (unpaired) electrons. The van der Waals surface area contributed by atoms with Gasteiger partial charge >= 0.3 is 5.97 Å². The zero-order chi connectivity index (χ0) is 26.9. The van der Waals surface area contributed by atoms with Gasteiger partial charge in [-0.15, -0.1) is 0 Å². The van der Waals surface area contributed by atoms with Crippen molar-refractivity contribution in [2.75, 3.05) is 14.1 Å². The average Bonchev–Trinajstić information content (AvgIpc) is 3.66. The fraction of sp³-hybridized carbons (Fsp3) is 0.194. The molecule has 6 rings (SSSR count). The zero-order valence-corrected chi connectivity index (χ0v) is 22.6. The van der Waals surface area contributed by atoms with E-state index >= 15 is 0 Å². The number of nitrogens with zero attached hydrogens (tertiary/aromatic N) is 1. The molecule has 4 aromatic carbocycles. The monoisotopic (exact) mass is 511 g/mol. The Kier molecular flexibility index (Phi) is 6.76. The summed E-state index contributed by atoms with van der Waals surface area (Å²) >= 11 is 0. The fourth-order valence-corrected chi connectivity index (χ4v) is 6.29. The summed E-state index contributed by atoms with van der Waals surface area (Å²) in [5, 5.41) is 4.71. The SMILES string of the molecule is CC(=O)O[C@H](c1ccc2ccccc2c1-c1c([C@H](C2C=CC=C2)N(C)C)ccc2ccccc12)C1C=CC=C1. The van der Waals surface area contributed by atoms with E-state index in [1.165, 1.54) is 28.8 Å². The van der Waals surface area contributed by atoms with Crippen LogP contribution < -0.4 is 0 Å². The number of rotatable bonds is 7. The van der Waals surface area contributed by atoms with Gasteiger partial charge in [-0.3, -0.25) is 4.79 Å². The third-order valence-corrected chi connectivity index (χ3v) is 7.92. The number of hydrogen-bond donors (Lipinski definition) is 0. The first kappa shape index (κ1) is 25.1. The van der Waals surface area contributed by atoms with Gasteiger partial charge in [0.05, 0.1) is 0 Å². The van der Waals surface area contributed by atoms with Crippen LogP contribution in [0.25, 0.3) is 32.7 Å². The quantitative estimate of drug-likeness (QED) is 0.234. The van der Waals surface area contributed by atoms with Crippen LogP contribution in [0, 0.1) is 11.8 Å². The molecule has 0 bridgehead atoms. The molecule has 0 saturated heterocycles. The van der Waals surface area contributed by atoms with Crippen molar-refractivity contribution >= 4 is 27.5 Å². The molecule has 0 spiro atoms. The van der Waals surface area contributed by atoms with Crippen molar-refractivity contribution in [3.8, 4) is 11.1 Å². The van der Waals surface area contributed by atoms with E-state index in [1.54, 1.807) is 0 Å². The Morgan fingerprint density at radius 1 is 0.667 bits per heavy atom. The first-order valence-corrected chi connectivity index (χ1v) is 13.6. The number of hydrogen-bond acceptors (Lipinski definition) is 3. The largest absolute Gasteiger partial charge is 0.457 e. The van der Waals surface area contributed by atoms with Crippen LogP contribution in [0.3, 0.4) is 0 Å². The van der Waals surface area contributed by atoms with Crippen LogP contribution >= 0.6 is 0 Å². The van der Waals surface area contributed by atoms with Gasteiger partial charge < -0.3 is 9.64 Å². The van der Waals surface area contributed by atoms with E-state index in [2.05, 4.69) is 128 Å². The van der Waals surface area contributed by atoms with Crippen LogP contribution in [0.5, 0.6) is 0 Å². The third-order valence-electron chi connectivity index (χ3n) is 7.92. The Bertz CT molecular complexity index is 1650. The lowest BCUT2D eigenvalue weighted by atomic mass is 9.80. The number of fused-ring (bicyclic) bond motifs is 2. The smallest absolute Gasteiger partial charge is 0.303 e. The van der Waals surface area contributed by atoms with Gasteiger partial charge in [0.15, 0.2) is 0 Å². The third kappa shape index (κ3) is 4.64. The molecule has 2 atom stereocenters. The van der Waals surface area contributed by atoms with Gasteiger partial charge in [-0.2, -0.15) is 0 Å². The second-order valence-electron chi connectivity index (χ2n) is 10.6. The number of esters is 1. The van der Waals surface area contributed by atoms with Gasteiger partial charge in [-0.25, -0.2) is 0 Å². The molecular weight excluding hydrogens is 478 g/mol. The molecule has 2 aliphatic rings. The van der Waals surface area contributed by atoms with Crippen molar-refractivity contribution in [3.05, 3.63) is 133 Å². The van der Waals surface area contributed by atoms with Crippen LogP contribution in [0.15, 0.2) is 121 Å². The van der Waals surface area contributed by atoms with Crippen molar-refractivity contribution in [3.63, 3.8) is 0 Å². The molecule has 0 fully saturated rings. The van der Waals surface area contributed by atoms with Crippen LogP contribution in [0.1, 0.15) is 30.2 Å². The summed E-state index contributed by atoms with van der Waals surface area (Å²) in [5.74, 6) is -0.0563. The first-order valence-electron chi connectivity index (χ1n) is 13.6. The highest BCUT2D eigenvalue weighted by molar-refractivity contribution is 6.08. The van der Waals surface area contributed by atoms with E-state index in [9.17, 15) is 4.79 Å². The predicted molar refractivity (Wildman–Crippen MR) is 161 cm³/mol. The standard InChI is InChI=1S/C36H33NO2/c1-24(38)39-36(28-16-6-7-17-28)32-23-21-26-13-9-11-19-30(26)34(32)33-29-18-10-8-12-25(29)20-22-31(33)35(37(2)3)27-14-4-5-15-27/h4-23,27-28,35-36H,1-3H3/t35-,36-/m0/s1. The molecule has 0 aromatic heterocycles. The maximum absolute atomic E-state index is 12.5. The molecule has 0 amide bonds. The van der Waals surface area contributed by atoms with Gasteiger partial charge in [-0.1, -0.05) is 121 Å². The molecule has 194 valence electrons. The molecule has 0 unspecified atom stereocenters. The van der Waals surface area contributed by atoms with Gasteiger partial charge in [0.1, 0.15) is 6.10 Å². The van der Waals surface area contributed by atoms with E-state index in [4.69, 9.17) is 4.74 Å². The minimum absolute atomic E-state index is 0.0300. The highest BCUT2D eigenvalue weighted by Gasteiger charge is 2.32. The van der Waals surface area contributed by atoms with E-state index < -0.39 is 6.10 Å². The minimum atomic E-state index is -0.437. The Hall–Kier alpha value is -4.21. The number of allylic oxidation sites excluding steroid dienone is 4. The summed E-state index contributed by atoms with van der Waals surface area (Å²) in [6.45, 7) is 1.50. The Morgan fingerprint density at radius 3 is 1.69 bits per heavy atom. The van der Waals surface area contributed by atoms with Crippen molar-refractivity contribution in [2.45, 2.75) is 19.1 Å². The van der Waals surface area contributed by atoms with E-state index in [0.717, 1.165) is 21.9 Å². The lowest BCUT2D eigenvalue weighted by molar-refractivity contribution is -0.147. The molecular formula is C36H33NO2. The molecule has 3 nitrogen and oxygen atoms in total. The van der Waals surface area contributed by atoms with E-state index in [0.29, 0.717) is 0 Å². The summed E-state index contributed by atoms with van der Waals surface area (Å²) in [7, 11) is 4.31. The predicted octanol–water partition coefficient (Wildman–Crippen LogP) is 8.35. The summed E-state index contributed by atoms with van der Waals surface area (Å²) < 4.78 is 6.12. The van der Waals surface area contributed by atoms with Gasteiger partial charge in [0.2, 0.25) is 0 Å². The number of carbonyl (C=O) groups is 1. The second kappa shape index (κ2) is 10.5. The molecule has 3 heteroatoms. The number of ether oxygens (including phenoxy) is 1. The maximum atomic E-state index is 12.5. The summed E-state index contributed by atoms with van der Waals surface area (Å²) in [6.07, 6.45) is 16.7. The Morgan fingerprint density at radius 2 is 1.15 bits per heavy atom. The summed E-state index contributed by atoms with van der Waals surface area (Å²) in [6, 6.07) is 26.1. The molecule has 0 N–H and O–H groups in total. The van der Waals surface area contributed by atoms with Crippen LogP contribution in [0.2, 0.25) is 0 Å². The molecule has 2 aliphatic carbocycles. The summed E-state index contributed by atoms with van der Waals surface area (Å²) in [5.41, 5.74) is 4.63.